The summed E-state index contributed by atoms with van der Waals surface area (Å²) in [6.07, 6.45) is 24.1. The van der Waals surface area contributed by atoms with Crippen LogP contribution in [0.4, 0.5) is 0 Å². The summed E-state index contributed by atoms with van der Waals surface area (Å²) in [5.74, 6) is 11.6. The van der Waals surface area contributed by atoms with Gasteiger partial charge < -0.3 is 19.7 Å². The fraction of sp³-hybridized carbons (Fsp3) is 0.644. The third kappa shape index (κ3) is 35.8. The molecule has 6 nitrogen and oxygen atoms in total. The zero-order chi connectivity index (χ0) is 82.1. The molecule has 2 heterocycles. The number of carboxylic acids is 2. The number of rotatable bonds is 4. The molecule has 8 saturated carbocycles. The van der Waals surface area contributed by atoms with Crippen molar-refractivity contribution >= 4 is 22.7 Å². The van der Waals surface area contributed by atoms with E-state index in [0.29, 0.717) is 29.1 Å². The number of carboxylic acid groups (broad SMARTS) is 2. The van der Waals surface area contributed by atoms with Gasteiger partial charge >= 0.3 is 5.97 Å². The Bertz CT molecular complexity index is 2850. The number of ether oxygens (including phenoxy) is 2. The van der Waals surface area contributed by atoms with Crippen LogP contribution in [-0.2, 0) is 22.4 Å². The van der Waals surface area contributed by atoms with E-state index < -0.39 is 11.9 Å². The average Bonchev–Trinajstić information content (AvgIpc) is 1.66. The molecule has 0 amide bonds. The highest BCUT2D eigenvalue weighted by Crippen LogP contribution is 2.71. The number of hydrogen-bond acceptors (Lipinski definition) is 4. The van der Waals surface area contributed by atoms with E-state index in [-0.39, 0.29) is 0 Å². The number of aryl methyl sites for hydroxylation is 3. The molecule has 11 unspecified atom stereocenters. The Balaban J connectivity index is -0.00000118. The van der Waals surface area contributed by atoms with Crippen molar-refractivity contribution in [2.24, 2.45) is 87.3 Å². The molecule has 0 aromatic heterocycles. The first-order valence-corrected chi connectivity index (χ1v) is 44.0. The first-order chi connectivity index (χ1) is 51.7. The highest BCUT2D eigenvalue weighted by Gasteiger charge is 2.64. The zero-order valence-corrected chi connectivity index (χ0v) is 75.1. The smallest absolute Gasteiger partial charge is 0.303 e. The maximum absolute atomic E-state index is 11.2. The minimum atomic E-state index is -0.833. The molecule has 10 aliphatic rings. The van der Waals surface area contributed by atoms with Gasteiger partial charge in [0, 0.05) is 19.8 Å². The van der Waals surface area contributed by atoms with Crippen LogP contribution in [0.5, 0.6) is 11.5 Å². The van der Waals surface area contributed by atoms with Crippen LogP contribution in [0, 0.1) is 101 Å². The van der Waals surface area contributed by atoms with Crippen LogP contribution in [-0.4, -0.2) is 35.4 Å². The first-order valence-electron chi connectivity index (χ1n) is 44.0. The summed E-state index contributed by atoms with van der Waals surface area (Å²) in [7, 11) is 0. The second-order valence-electron chi connectivity index (χ2n) is 29.4. The average molecular weight is 1480 g/mol. The lowest BCUT2D eigenvalue weighted by Crippen LogP contribution is -2.58. The number of para-hydroxylation sites is 2. The topological polar surface area (TPSA) is 93.1 Å². The Morgan fingerprint density at radius 1 is 0.467 bits per heavy atom. The lowest BCUT2D eigenvalue weighted by Gasteiger charge is -2.65. The molecule has 8 fully saturated rings. The molecule has 0 radical (unpaired) electrons. The molecule has 16 rings (SSSR count). The standard InChI is InChI=1S/C27H46O2.C11H18.C10H8.C9H10O.C8H8O.2C7H8.C2H4O2.10C2H6/c1-16-11-12-26(5)20(13-16)14-18(3)25-22-9-8-21(17(2)7-10-24(28)29)27(22,6)19(4)15-23(25)26;1-11-5-8-2-9(6-11)4-10(3-8)7-11;1-2-6-10-8-4-3-7-9(10)5-1;1-2-6-9-8(4-1)5-3-7-10-9;1-2-4-8-7(3-1)5-6-9-8;2*1-7-5-3-2-4-6-7;1-2(3)4;10*1-2/h16-23,25H,7-15H2,1-6H3,(H,28,29);8-10H,2-7H2,1H3;1-8H;1-2,4,6H,3,5,7H2;1-4H,5-6H2;2*2-6H,1H3;1H3,(H,3,4);10*1-2H3. The van der Waals surface area contributed by atoms with Gasteiger partial charge in [-0.3, -0.25) is 9.59 Å². The molecule has 6 aromatic rings. The summed E-state index contributed by atoms with van der Waals surface area (Å²) in [5, 5.41) is 19.2. The van der Waals surface area contributed by atoms with E-state index in [2.05, 4.69) is 153 Å². The van der Waals surface area contributed by atoms with E-state index >= 15 is 0 Å². The molecule has 107 heavy (non-hydrogen) atoms. The maximum atomic E-state index is 11.2. The van der Waals surface area contributed by atoms with Crippen LogP contribution in [0.3, 0.4) is 0 Å². The third-order valence-corrected chi connectivity index (χ3v) is 22.7. The molecule has 11 atom stereocenters. The predicted molar refractivity (Wildman–Crippen MR) is 475 cm³/mol. The van der Waals surface area contributed by atoms with Crippen LogP contribution in [0.2, 0.25) is 0 Å². The largest absolute Gasteiger partial charge is 0.493 e. The van der Waals surface area contributed by atoms with Gasteiger partial charge in [0.1, 0.15) is 11.5 Å². The molecule has 610 valence electrons. The zero-order valence-electron chi connectivity index (χ0n) is 75.1. The fourth-order valence-corrected chi connectivity index (χ4v) is 18.9. The van der Waals surface area contributed by atoms with Crippen LogP contribution in [0.25, 0.3) is 10.8 Å². The van der Waals surface area contributed by atoms with Crippen molar-refractivity contribution in [1.29, 1.82) is 0 Å². The van der Waals surface area contributed by atoms with Crippen molar-refractivity contribution in [2.45, 2.75) is 323 Å². The molecule has 0 spiro atoms. The Kier molecular flexibility index (Phi) is 60.8. The quantitative estimate of drug-likeness (QED) is 0.183. The van der Waals surface area contributed by atoms with E-state index in [4.69, 9.17) is 19.4 Å². The number of hydrogen-bond donors (Lipinski definition) is 2. The number of aliphatic carboxylic acids is 2. The van der Waals surface area contributed by atoms with Crippen molar-refractivity contribution in [3.8, 4) is 11.5 Å². The summed E-state index contributed by atoms with van der Waals surface area (Å²) >= 11 is 0. The second kappa shape index (κ2) is 61.8. The van der Waals surface area contributed by atoms with Crippen LogP contribution in [0.1, 0.15) is 319 Å². The van der Waals surface area contributed by atoms with Gasteiger partial charge in [-0.25, -0.2) is 0 Å². The van der Waals surface area contributed by atoms with Crippen LogP contribution >= 0.6 is 0 Å². The fourth-order valence-electron chi connectivity index (χ4n) is 18.9. The van der Waals surface area contributed by atoms with Gasteiger partial charge in [-0.1, -0.05) is 350 Å². The van der Waals surface area contributed by atoms with E-state index in [1.807, 2.05) is 205 Å². The van der Waals surface area contributed by atoms with Gasteiger partial charge in [-0.15, -0.1) is 0 Å². The number of fused-ring (bicyclic) bond motifs is 8. The minimum absolute atomic E-state index is 0.340. The van der Waals surface area contributed by atoms with Crippen LogP contribution < -0.4 is 9.47 Å². The van der Waals surface area contributed by atoms with Crippen molar-refractivity contribution in [3.05, 3.63) is 180 Å². The van der Waals surface area contributed by atoms with Crippen molar-refractivity contribution < 1.29 is 29.3 Å². The Morgan fingerprint density at radius 3 is 1.22 bits per heavy atom. The van der Waals surface area contributed by atoms with E-state index in [9.17, 15) is 9.90 Å². The first kappa shape index (κ1) is 105. The van der Waals surface area contributed by atoms with E-state index in [1.54, 1.807) is 38.5 Å². The van der Waals surface area contributed by atoms with E-state index in [0.717, 1.165) is 115 Å². The SMILES string of the molecule is CC.CC.CC.CC.CC.CC.CC.CC.CC.CC.CC(=O)O.CC12CC3CC(CC(C3)C1)C2.CC1CCC2(C)C(C1)CC(C)C1C2CC(C)C2(C)C(C(C)CCC(=O)O)CCC12.Cc1ccccc1.Cc1ccccc1.c1ccc2c(c1)CCCO2.c1ccc2c(c1)CCO2.c1ccc2ccccc2c1. The van der Waals surface area contributed by atoms with Crippen LogP contribution in [0.15, 0.2) is 158 Å². The Labute approximate surface area is 663 Å². The summed E-state index contributed by atoms with van der Waals surface area (Å²) in [4.78, 5) is 20.2. The second-order valence-corrected chi connectivity index (χ2v) is 29.4. The molecule has 8 aliphatic carbocycles. The highest BCUT2D eigenvalue weighted by molar-refractivity contribution is 5.82. The Morgan fingerprint density at radius 2 is 0.850 bits per heavy atom. The van der Waals surface area contributed by atoms with Gasteiger partial charge in [0.15, 0.2) is 0 Å². The van der Waals surface area contributed by atoms with Crippen molar-refractivity contribution in [1.82, 2.24) is 0 Å². The van der Waals surface area contributed by atoms with Gasteiger partial charge in [0.05, 0.1) is 13.2 Å². The van der Waals surface area contributed by atoms with E-state index in [1.165, 1.54) is 84.4 Å². The monoisotopic (exact) mass is 1480 g/mol. The highest BCUT2D eigenvalue weighted by atomic mass is 16.5. The van der Waals surface area contributed by atoms with Gasteiger partial charge in [0.25, 0.3) is 5.97 Å². The number of benzene rings is 6. The summed E-state index contributed by atoms with van der Waals surface area (Å²) in [6.45, 7) is 64.8. The molecular formula is C101H170O6. The van der Waals surface area contributed by atoms with Crippen molar-refractivity contribution in [3.63, 3.8) is 0 Å². The molecule has 6 heteroatoms. The predicted octanol–water partition coefficient (Wildman–Crippen LogP) is 31.3. The normalized spacial score (nSPS) is 26.1. The third-order valence-electron chi connectivity index (χ3n) is 22.7. The van der Waals surface area contributed by atoms with Crippen molar-refractivity contribution in [2.75, 3.05) is 13.2 Å². The maximum Gasteiger partial charge on any atom is 0.303 e. The molecule has 4 bridgehead atoms. The van der Waals surface area contributed by atoms with Gasteiger partial charge in [0.2, 0.25) is 0 Å². The lowest BCUT2D eigenvalue weighted by molar-refractivity contribution is -0.163. The summed E-state index contributed by atoms with van der Waals surface area (Å²) < 4.78 is 10.7. The molecule has 2 N–H and O–H groups in total. The summed E-state index contributed by atoms with van der Waals surface area (Å²) in [6, 6.07) is 53.7. The van der Waals surface area contributed by atoms with Gasteiger partial charge in [-0.2, -0.15) is 0 Å². The molecule has 6 aromatic carbocycles. The minimum Gasteiger partial charge on any atom is -0.493 e. The lowest BCUT2D eigenvalue weighted by atomic mass is 9.40. The molecule has 0 saturated heterocycles. The molecular weight excluding hydrogens is 1310 g/mol. The van der Waals surface area contributed by atoms with Gasteiger partial charge in [-0.05, 0) is 231 Å². The number of carbonyl (C=O) groups is 2. The summed E-state index contributed by atoms with van der Waals surface area (Å²) in [5.41, 5.74) is 7.13. The molecule has 2 aliphatic heterocycles. The Hall–Kier alpha value is -5.88.